The van der Waals surface area contributed by atoms with Crippen LogP contribution in [0.1, 0.15) is 27.2 Å². The van der Waals surface area contributed by atoms with Gasteiger partial charge in [0.15, 0.2) is 0 Å². The number of carbonyl (C=O) groups excluding carboxylic acids is 1. The molecule has 158 valence electrons. The molecular weight excluding hydrogens is 387 g/mol. The van der Waals surface area contributed by atoms with Crippen molar-refractivity contribution in [1.82, 2.24) is 0 Å². The van der Waals surface area contributed by atoms with Crippen LogP contribution in [0.3, 0.4) is 0 Å². The zero-order valence-corrected chi connectivity index (χ0v) is 19.4. The molecule has 0 unspecified atom stereocenters. The number of hydrogen-bond donors (Lipinski definition) is 0. The molecule has 0 saturated carbocycles. The van der Waals surface area contributed by atoms with Crippen molar-refractivity contribution in [2.75, 3.05) is 19.4 Å². The molecule has 0 fully saturated rings. The molecular formula is C27H33O2P. The van der Waals surface area contributed by atoms with Crippen molar-refractivity contribution < 1.29 is 9.53 Å². The molecule has 3 aromatic carbocycles. The second-order valence-corrected chi connectivity index (χ2v) is 14.5. The van der Waals surface area contributed by atoms with Crippen LogP contribution in [0.4, 0.5) is 0 Å². The van der Waals surface area contributed by atoms with E-state index in [1.807, 2.05) is 20.8 Å². The van der Waals surface area contributed by atoms with E-state index in [2.05, 4.69) is 97.7 Å². The summed E-state index contributed by atoms with van der Waals surface area (Å²) in [4.78, 5) is 12.7. The summed E-state index contributed by atoms with van der Waals surface area (Å²) in [6.45, 7) is 5.92. The number of hydrogen-bond acceptors (Lipinski definition) is 2. The van der Waals surface area contributed by atoms with Crippen molar-refractivity contribution in [1.29, 1.82) is 0 Å². The van der Waals surface area contributed by atoms with Gasteiger partial charge in [0.2, 0.25) is 0 Å². The number of carbonyl (C=O) groups is 1. The molecule has 0 bridgehead atoms. The zero-order chi connectivity index (χ0) is 21.7. The van der Waals surface area contributed by atoms with Crippen molar-refractivity contribution in [3.8, 4) is 0 Å². The molecule has 3 aromatic rings. The fourth-order valence-corrected chi connectivity index (χ4v) is 10.0. The molecule has 0 aliphatic carbocycles. The van der Waals surface area contributed by atoms with Crippen LogP contribution < -0.4 is 15.9 Å². The van der Waals surface area contributed by atoms with E-state index < -0.39 is 12.0 Å². The van der Waals surface area contributed by atoms with Crippen LogP contribution in [-0.2, 0) is 9.53 Å². The van der Waals surface area contributed by atoms with E-state index in [0.717, 1.165) is 12.6 Å². The van der Waals surface area contributed by atoms with Gasteiger partial charge in [-0.15, -0.1) is 0 Å². The second-order valence-electron chi connectivity index (χ2n) is 8.88. The maximum atomic E-state index is 12.7. The number of esters is 1. The summed E-state index contributed by atoms with van der Waals surface area (Å²) < 4.78 is 5.40. The number of rotatable bonds is 8. The Bertz CT molecular complexity index is 866. The van der Waals surface area contributed by atoms with E-state index in [9.17, 15) is 4.79 Å². The van der Waals surface area contributed by atoms with Crippen molar-refractivity contribution in [3.05, 3.63) is 91.0 Å². The predicted molar refractivity (Wildman–Crippen MR) is 131 cm³/mol. The summed E-state index contributed by atoms with van der Waals surface area (Å²) in [6.07, 6.45) is 1.65. The van der Waals surface area contributed by atoms with Crippen LogP contribution in [0, 0.1) is 5.41 Å². The van der Waals surface area contributed by atoms with E-state index in [0.29, 0.717) is 6.61 Å². The van der Waals surface area contributed by atoms with Gasteiger partial charge in [0, 0.05) is 0 Å². The first-order valence-corrected chi connectivity index (χ1v) is 13.5. The molecule has 0 heterocycles. The van der Waals surface area contributed by atoms with E-state index >= 15 is 0 Å². The average Bonchev–Trinajstić information content (AvgIpc) is 2.80. The van der Waals surface area contributed by atoms with Crippen LogP contribution in [0.25, 0.3) is 0 Å². The molecule has 3 heteroatoms. The predicted octanol–water partition coefficient (Wildman–Crippen LogP) is 5.13. The van der Waals surface area contributed by atoms with Gasteiger partial charge < -0.3 is 0 Å². The van der Waals surface area contributed by atoms with Gasteiger partial charge in [0.05, 0.1) is 0 Å². The molecule has 0 amide bonds. The maximum absolute atomic E-state index is 12.7. The van der Waals surface area contributed by atoms with Crippen LogP contribution in [-0.4, -0.2) is 25.4 Å². The van der Waals surface area contributed by atoms with Crippen LogP contribution in [0.15, 0.2) is 91.0 Å². The number of ether oxygens (including phenoxy) is 1. The summed E-state index contributed by atoms with van der Waals surface area (Å²) in [5.74, 6) is -0.121. The van der Waals surface area contributed by atoms with Crippen molar-refractivity contribution in [2.24, 2.45) is 5.41 Å². The van der Waals surface area contributed by atoms with Gasteiger partial charge in [-0.25, -0.2) is 0 Å². The van der Waals surface area contributed by atoms with Gasteiger partial charge in [-0.05, 0) is 0 Å². The Kier molecular flexibility index (Phi) is 6.48. The Morgan fingerprint density at radius 2 is 1.13 bits per heavy atom. The molecule has 0 aliphatic rings. The van der Waals surface area contributed by atoms with Gasteiger partial charge in [-0.1, -0.05) is 0 Å². The quantitative estimate of drug-likeness (QED) is 0.373. The minimum absolute atomic E-state index is 0.121. The van der Waals surface area contributed by atoms with Gasteiger partial charge >= 0.3 is 181 Å². The van der Waals surface area contributed by atoms with Crippen LogP contribution in [0.5, 0.6) is 0 Å². The number of benzene rings is 3. The summed E-state index contributed by atoms with van der Waals surface area (Å²) in [5.41, 5.74) is -0.548. The monoisotopic (exact) mass is 420 g/mol. The topological polar surface area (TPSA) is 26.3 Å². The Balaban J connectivity index is 2.24. The molecule has 0 N–H and O–H groups in total. The van der Waals surface area contributed by atoms with Crippen molar-refractivity contribution >= 4 is 28.5 Å². The molecule has 0 radical (unpaired) electrons. The van der Waals surface area contributed by atoms with Crippen LogP contribution in [0.2, 0.25) is 0 Å². The summed E-state index contributed by atoms with van der Waals surface area (Å²) in [5, 5.41) is 4.04. The normalized spacial score (nSPS) is 13.3. The van der Waals surface area contributed by atoms with E-state index in [4.69, 9.17) is 4.74 Å². The SMILES string of the molecule is CCOC(=O)C(C)(C)CCP(C)(c1ccccc1)(c1ccccc1)c1ccccc1. The average molecular weight is 421 g/mol. The Hall–Kier alpha value is -2.44. The van der Waals surface area contributed by atoms with E-state index in [1.54, 1.807) is 0 Å². The summed E-state index contributed by atoms with van der Waals surface area (Å²) >= 11 is 0. The Morgan fingerprint density at radius 3 is 1.47 bits per heavy atom. The van der Waals surface area contributed by atoms with Crippen molar-refractivity contribution in [2.45, 2.75) is 27.2 Å². The molecule has 0 spiro atoms. The molecule has 0 aromatic heterocycles. The summed E-state index contributed by atoms with van der Waals surface area (Å²) in [7, 11) is 0. The third-order valence-corrected chi connectivity index (χ3v) is 12.9. The first-order valence-electron chi connectivity index (χ1n) is 10.7. The van der Waals surface area contributed by atoms with E-state index in [-0.39, 0.29) is 5.97 Å². The second kappa shape index (κ2) is 8.74. The first kappa shape index (κ1) is 22.2. The zero-order valence-electron chi connectivity index (χ0n) is 18.5. The standard InChI is InChI=1S/C27H33O2P/c1-5-29-26(28)27(2,3)21-22-30(4,23-15-9-6-10-16-23,24-17-11-7-12-18-24)25-19-13-8-14-20-25/h6-20H,5,21-22H2,1-4H3. The molecule has 0 saturated heterocycles. The molecule has 0 aliphatic heterocycles. The molecule has 0 atom stereocenters. The van der Waals surface area contributed by atoms with Crippen LogP contribution >= 0.6 is 6.60 Å². The summed E-state index contributed by atoms with van der Waals surface area (Å²) in [6, 6.07) is 32.5. The Morgan fingerprint density at radius 1 is 0.767 bits per heavy atom. The van der Waals surface area contributed by atoms with E-state index in [1.165, 1.54) is 15.9 Å². The third-order valence-electron chi connectivity index (χ3n) is 6.49. The van der Waals surface area contributed by atoms with Gasteiger partial charge in [-0.2, -0.15) is 0 Å². The fraction of sp³-hybridized carbons (Fsp3) is 0.296. The minimum atomic E-state index is -2.83. The fourth-order valence-electron chi connectivity index (χ4n) is 4.32. The molecule has 30 heavy (non-hydrogen) atoms. The first-order chi connectivity index (χ1) is 14.3. The van der Waals surface area contributed by atoms with Crippen molar-refractivity contribution in [3.63, 3.8) is 0 Å². The van der Waals surface area contributed by atoms with Gasteiger partial charge in [0.25, 0.3) is 0 Å². The van der Waals surface area contributed by atoms with Gasteiger partial charge in [0.1, 0.15) is 0 Å². The van der Waals surface area contributed by atoms with Gasteiger partial charge in [-0.3, -0.25) is 0 Å². The molecule has 3 rings (SSSR count). The third kappa shape index (κ3) is 3.94. The Labute approximate surface area is 181 Å². The molecule has 2 nitrogen and oxygen atoms in total.